The van der Waals surface area contributed by atoms with Crippen LogP contribution in [-0.4, -0.2) is 50.8 Å². The number of hydrogen-bond donors (Lipinski definition) is 1. The van der Waals surface area contributed by atoms with Gasteiger partial charge in [-0.1, -0.05) is 12.2 Å². The molecule has 16 heavy (non-hydrogen) atoms. The van der Waals surface area contributed by atoms with E-state index in [2.05, 4.69) is 22.4 Å². The van der Waals surface area contributed by atoms with Gasteiger partial charge in [-0.3, -0.25) is 4.90 Å². The first-order valence-corrected chi connectivity index (χ1v) is 6.61. The third-order valence-electron chi connectivity index (χ3n) is 3.52. The average molecular weight is 224 g/mol. The fraction of sp³-hybridized carbons (Fsp3) is 0.846. The maximum Gasteiger partial charge on any atom is 0.0594 e. The van der Waals surface area contributed by atoms with Crippen LogP contribution in [0.4, 0.5) is 0 Å². The number of ether oxygens (including phenoxy) is 1. The van der Waals surface area contributed by atoms with Gasteiger partial charge >= 0.3 is 0 Å². The predicted octanol–water partition coefficient (Wildman–Crippen LogP) is 1.26. The molecule has 0 aromatic carbocycles. The number of nitrogens with zero attached hydrogens (tertiary/aromatic N) is 1. The molecule has 0 radical (unpaired) electrons. The van der Waals surface area contributed by atoms with Crippen molar-refractivity contribution >= 4 is 0 Å². The lowest BCUT2D eigenvalue weighted by atomic mass is 9.94. The smallest absolute Gasteiger partial charge is 0.0594 e. The van der Waals surface area contributed by atoms with Gasteiger partial charge in [0.2, 0.25) is 0 Å². The second kappa shape index (κ2) is 7.05. The summed E-state index contributed by atoms with van der Waals surface area (Å²) in [6.07, 6.45) is 8.55. The van der Waals surface area contributed by atoms with E-state index < -0.39 is 0 Å². The number of hydrogen-bond acceptors (Lipinski definition) is 3. The van der Waals surface area contributed by atoms with Gasteiger partial charge in [-0.2, -0.15) is 0 Å². The van der Waals surface area contributed by atoms with E-state index in [-0.39, 0.29) is 0 Å². The summed E-state index contributed by atoms with van der Waals surface area (Å²) in [5.74, 6) is 0.870. The molecule has 1 aliphatic carbocycles. The third kappa shape index (κ3) is 4.24. The molecule has 0 aromatic heterocycles. The van der Waals surface area contributed by atoms with Crippen LogP contribution in [0.2, 0.25) is 0 Å². The Bertz CT molecular complexity index is 212. The summed E-state index contributed by atoms with van der Waals surface area (Å²) in [5, 5.41) is 3.59. The topological polar surface area (TPSA) is 24.5 Å². The minimum atomic E-state index is 0.870. The van der Waals surface area contributed by atoms with Crippen molar-refractivity contribution in [1.82, 2.24) is 10.2 Å². The zero-order chi connectivity index (χ0) is 11.1. The normalized spacial score (nSPS) is 27.1. The summed E-state index contributed by atoms with van der Waals surface area (Å²) in [7, 11) is 0. The van der Waals surface area contributed by atoms with E-state index in [9.17, 15) is 0 Å². The van der Waals surface area contributed by atoms with E-state index in [1.54, 1.807) is 0 Å². The molecule has 0 aromatic rings. The van der Waals surface area contributed by atoms with Crippen molar-refractivity contribution < 1.29 is 4.74 Å². The van der Waals surface area contributed by atoms with Gasteiger partial charge in [0.25, 0.3) is 0 Å². The molecule has 92 valence electrons. The van der Waals surface area contributed by atoms with E-state index in [4.69, 9.17) is 4.74 Å². The average Bonchev–Trinajstić information content (AvgIpc) is 2.37. The first-order chi connectivity index (χ1) is 7.95. The summed E-state index contributed by atoms with van der Waals surface area (Å²) >= 11 is 0. The highest BCUT2D eigenvalue weighted by molar-refractivity contribution is 4.90. The van der Waals surface area contributed by atoms with Crippen LogP contribution < -0.4 is 5.32 Å². The lowest BCUT2D eigenvalue weighted by molar-refractivity contribution is 0.0383. The van der Waals surface area contributed by atoms with Gasteiger partial charge in [0.15, 0.2) is 0 Å². The molecule has 1 fully saturated rings. The van der Waals surface area contributed by atoms with Gasteiger partial charge in [0.05, 0.1) is 13.2 Å². The van der Waals surface area contributed by atoms with E-state index in [0.29, 0.717) is 0 Å². The molecule has 0 unspecified atom stereocenters. The molecule has 1 aliphatic heterocycles. The van der Waals surface area contributed by atoms with Crippen molar-refractivity contribution in [3.05, 3.63) is 12.2 Å². The van der Waals surface area contributed by atoms with Crippen LogP contribution in [-0.2, 0) is 4.74 Å². The van der Waals surface area contributed by atoms with Crippen LogP contribution in [0.25, 0.3) is 0 Å². The molecule has 2 rings (SSSR count). The summed E-state index contributed by atoms with van der Waals surface area (Å²) in [4.78, 5) is 2.48. The highest BCUT2D eigenvalue weighted by atomic mass is 16.5. The Morgan fingerprint density at radius 2 is 2.12 bits per heavy atom. The maximum atomic E-state index is 5.33. The first-order valence-electron chi connectivity index (χ1n) is 6.61. The van der Waals surface area contributed by atoms with E-state index in [1.165, 1.54) is 32.4 Å². The molecule has 1 atom stereocenters. The summed E-state index contributed by atoms with van der Waals surface area (Å²) in [5.41, 5.74) is 0. The van der Waals surface area contributed by atoms with Crippen LogP contribution in [0.3, 0.4) is 0 Å². The monoisotopic (exact) mass is 224 g/mol. The standard InChI is InChI=1S/C13H24N2O/c1-2-4-13(5-3-1)12-14-6-7-15-8-10-16-11-9-15/h1-2,13-14H,3-12H2/t13-/m0/s1. The molecule has 1 heterocycles. The first kappa shape index (κ1) is 12.1. The fourth-order valence-corrected chi connectivity index (χ4v) is 2.41. The maximum absolute atomic E-state index is 5.33. The van der Waals surface area contributed by atoms with E-state index in [1.807, 2.05) is 0 Å². The fourth-order valence-electron chi connectivity index (χ4n) is 2.41. The Balaban J connectivity index is 1.49. The summed E-state index contributed by atoms with van der Waals surface area (Å²) < 4.78 is 5.33. The van der Waals surface area contributed by atoms with E-state index in [0.717, 1.165) is 38.8 Å². The molecule has 0 bridgehead atoms. The van der Waals surface area contributed by atoms with Crippen molar-refractivity contribution in [3.8, 4) is 0 Å². The molecule has 2 aliphatic rings. The molecule has 3 heteroatoms. The minimum absolute atomic E-state index is 0.870. The molecule has 1 saturated heterocycles. The molecule has 0 saturated carbocycles. The zero-order valence-electron chi connectivity index (χ0n) is 10.2. The van der Waals surface area contributed by atoms with Crippen molar-refractivity contribution in [2.75, 3.05) is 45.9 Å². The Morgan fingerprint density at radius 1 is 1.25 bits per heavy atom. The highest BCUT2D eigenvalue weighted by Crippen LogP contribution is 2.16. The second-order valence-electron chi connectivity index (χ2n) is 4.81. The molecule has 0 spiro atoms. The number of morpholine rings is 1. The second-order valence-corrected chi connectivity index (χ2v) is 4.81. The SMILES string of the molecule is C1=CC[C@H](CNCCN2CCOCC2)CC1. The number of rotatable bonds is 5. The van der Waals surface area contributed by atoms with Gasteiger partial charge in [-0.15, -0.1) is 0 Å². The van der Waals surface area contributed by atoms with Gasteiger partial charge < -0.3 is 10.1 Å². The van der Waals surface area contributed by atoms with Crippen molar-refractivity contribution in [2.45, 2.75) is 19.3 Å². The summed E-state index contributed by atoms with van der Waals surface area (Å²) in [6.45, 7) is 7.52. The molecule has 1 N–H and O–H groups in total. The van der Waals surface area contributed by atoms with Crippen LogP contribution in [0.1, 0.15) is 19.3 Å². The lowest BCUT2D eigenvalue weighted by Crippen LogP contribution is -2.41. The molecular weight excluding hydrogens is 200 g/mol. The largest absolute Gasteiger partial charge is 0.379 e. The lowest BCUT2D eigenvalue weighted by Gasteiger charge is -2.27. The van der Waals surface area contributed by atoms with Crippen molar-refractivity contribution in [1.29, 1.82) is 0 Å². The highest BCUT2D eigenvalue weighted by Gasteiger charge is 2.11. The summed E-state index contributed by atoms with van der Waals surface area (Å²) in [6, 6.07) is 0. The Kier molecular flexibility index (Phi) is 5.32. The van der Waals surface area contributed by atoms with Crippen LogP contribution in [0.5, 0.6) is 0 Å². The minimum Gasteiger partial charge on any atom is -0.379 e. The van der Waals surface area contributed by atoms with E-state index >= 15 is 0 Å². The quantitative estimate of drug-likeness (QED) is 0.562. The number of nitrogens with one attached hydrogen (secondary N) is 1. The number of allylic oxidation sites excluding steroid dienone is 2. The Hall–Kier alpha value is -0.380. The van der Waals surface area contributed by atoms with Crippen LogP contribution in [0.15, 0.2) is 12.2 Å². The molecular formula is C13H24N2O. The van der Waals surface area contributed by atoms with Crippen molar-refractivity contribution in [3.63, 3.8) is 0 Å². The van der Waals surface area contributed by atoms with Gasteiger partial charge in [0.1, 0.15) is 0 Å². The van der Waals surface area contributed by atoms with Crippen molar-refractivity contribution in [2.24, 2.45) is 5.92 Å². The third-order valence-corrected chi connectivity index (χ3v) is 3.52. The van der Waals surface area contributed by atoms with Gasteiger partial charge in [0, 0.05) is 26.2 Å². The molecule has 0 amide bonds. The van der Waals surface area contributed by atoms with Crippen LogP contribution in [0, 0.1) is 5.92 Å². The van der Waals surface area contributed by atoms with Gasteiger partial charge in [-0.25, -0.2) is 0 Å². The van der Waals surface area contributed by atoms with Crippen LogP contribution >= 0.6 is 0 Å². The Morgan fingerprint density at radius 3 is 2.88 bits per heavy atom. The molecule has 3 nitrogen and oxygen atoms in total. The Labute approximate surface area is 98.8 Å². The van der Waals surface area contributed by atoms with Gasteiger partial charge in [-0.05, 0) is 31.7 Å². The predicted molar refractivity (Wildman–Crippen MR) is 66.6 cm³/mol. The zero-order valence-corrected chi connectivity index (χ0v) is 10.2.